The zero-order valence-electron chi connectivity index (χ0n) is 12.6. The zero-order valence-corrected chi connectivity index (χ0v) is 13.4. The standard InChI is InChI=1S/C15H24N4O.ClH/c1-18-9-8-17-15(18)13-11-16-7-10-19(13)14(20)6-5-12-3-2-4-12;/h8-9,12-13,16H,2-7,10-11H2,1H3;1H. The summed E-state index contributed by atoms with van der Waals surface area (Å²) in [5.74, 6) is 2.08. The molecule has 1 atom stereocenters. The number of aryl methyl sites for hydroxylation is 1. The fraction of sp³-hybridized carbons (Fsp3) is 0.733. The van der Waals surface area contributed by atoms with E-state index in [9.17, 15) is 4.79 Å². The van der Waals surface area contributed by atoms with Crippen LogP contribution in [0.1, 0.15) is 44.0 Å². The molecule has 0 radical (unpaired) electrons. The maximum absolute atomic E-state index is 12.5. The van der Waals surface area contributed by atoms with Gasteiger partial charge in [-0.25, -0.2) is 4.98 Å². The average molecular weight is 313 g/mol. The molecule has 1 aliphatic carbocycles. The Morgan fingerprint density at radius 1 is 1.48 bits per heavy atom. The maximum Gasteiger partial charge on any atom is 0.223 e. The molecule has 1 aliphatic heterocycles. The first-order valence-electron chi connectivity index (χ1n) is 7.73. The molecule has 21 heavy (non-hydrogen) atoms. The van der Waals surface area contributed by atoms with Gasteiger partial charge in [0.15, 0.2) is 0 Å². The summed E-state index contributed by atoms with van der Waals surface area (Å²) in [6.45, 7) is 2.48. The van der Waals surface area contributed by atoms with Gasteiger partial charge in [-0.3, -0.25) is 4.79 Å². The summed E-state index contributed by atoms with van der Waals surface area (Å²) in [6.07, 6.45) is 9.50. The van der Waals surface area contributed by atoms with Gasteiger partial charge in [-0.05, 0) is 12.3 Å². The van der Waals surface area contributed by atoms with Crippen LogP contribution in [0.2, 0.25) is 0 Å². The molecule has 1 saturated carbocycles. The summed E-state index contributed by atoms with van der Waals surface area (Å²) in [4.78, 5) is 19.0. The van der Waals surface area contributed by atoms with Gasteiger partial charge in [0.2, 0.25) is 5.91 Å². The van der Waals surface area contributed by atoms with E-state index in [-0.39, 0.29) is 18.4 Å². The molecule has 1 aromatic heterocycles. The van der Waals surface area contributed by atoms with E-state index in [0.29, 0.717) is 12.3 Å². The van der Waals surface area contributed by atoms with Gasteiger partial charge >= 0.3 is 0 Å². The highest BCUT2D eigenvalue weighted by molar-refractivity contribution is 5.85. The predicted molar refractivity (Wildman–Crippen MR) is 84.4 cm³/mol. The number of halogens is 1. The van der Waals surface area contributed by atoms with Crippen LogP contribution in [0.25, 0.3) is 0 Å². The maximum atomic E-state index is 12.5. The molecule has 3 rings (SSSR count). The molecule has 1 unspecified atom stereocenters. The Morgan fingerprint density at radius 2 is 2.29 bits per heavy atom. The molecule has 118 valence electrons. The summed E-state index contributed by atoms with van der Waals surface area (Å²) in [6, 6.07) is 0.0811. The molecule has 0 spiro atoms. The highest BCUT2D eigenvalue weighted by Gasteiger charge is 2.30. The van der Waals surface area contributed by atoms with Crippen LogP contribution in [0.15, 0.2) is 12.4 Å². The van der Waals surface area contributed by atoms with Crippen molar-refractivity contribution in [3.63, 3.8) is 0 Å². The Balaban J connectivity index is 0.00000161. The summed E-state index contributed by atoms with van der Waals surface area (Å²) < 4.78 is 2.02. The second kappa shape index (κ2) is 7.27. The number of carbonyl (C=O) groups is 1. The van der Waals surface area contributed by atoms with E-state index in [4.69, 9.17) is 0 Å². The van der Waals surface area contributed by atoms with Gasteiger partial charge in [-0.2, -0.15) is 0 Å². The van der Waals surface area contributed by atoms with Crippen LogP contribution < -0.4 is 5.32 Å². The van der Waals surface area contributed by atoms with Crippen molar-refractivity contribution < 1.29 is 4.79 Å². The van der Waals surface area contributed by atoms with E-state index in [2.05, 4.69) is 10.3 Å². The summed E-state index contributed by atoms with van der Waals surface area (Å²) in [5.41, 5.74) is 0. The monoisotopic (exact) mass is 312 g/mol. The first-order chi connectivity index (χ1) is 9.75. The topological polar surface area (TPSA) is 50.2 Å². The minimum Gasteiger partial charge on any atom is -0.336 e. The fourth-order valence-corrected chi connectivity index (χ4v) is 3.18. The van der Waals surface area contributed by atoms with E-state index >= 15 is 0 Å². The highest BCUT2D eigenvalue weighted by atomic mass is 35.5. The van der Waals surface area contributed by atoms with Crippen LogP contribution in [0.3, 0.4) is 0 Å². The van der Waals surface area contributed by atoms with E-state index in [1.54, 1.807) is 6.20 Å². The number of aromatic nitrogens is 2. The number of carbonyl (C=O) groups excluding carboxylic acids is 1. The molecule has 5 nitrogen and oxygen atoms in total. The zero-order chi connectivity index (χ0) is 13.9. The number of hydrogen-bond acceptors (Lipinski definition) is 3. The Labute approximate surface area is 132 Å². The van der Waals surface area contributed by atoms with E-state index in [1.165, 1.54) is 19.3 Å². The normalized spacial score (nSPS) is 22.5. The smallest absolute Gasteiger partial charge is 0.223 e. The first kappa shape index (κ1) is 16.3. The van der Waals surface area contributed by atoms with Crippen LogP contribution in [-0.4, -0.2) is 40.0 Å². The molecule has 1 aromatic rings. The van der Waals surface area contributed by atoms with Crippen molar-refractivity contribution in [2.75, 3.05) is 19.6 Å². The first-order valence-corrected chi connectivity index (χ1v) is 7.73. The molecule has 1 N–H and O–H groups in total. The van der Waals surface area contributed by atoms with E-state index in [0.717, 1.165) is 37.8 Å². The number of hydrogen-bond donors (Lipinski definition) is 1. The van der Waals surface area contributed by atoms with Crippen LogP contribution in [0, 0.1) is 5.92 Å². The van der Waals surface area contributed by atoms with E-state index < -0.39 is 0 Å². The van der Waals surface area contributed by atoms with Gasteiger partial charge in [-0.1, -0.05) is 19.3 Å². The third kappa shape index (κ3) is 3.58. The number of imidazole rings is 1. The van der Waals surface area contributed by atoms with Gasteiger partial charge in [-0.15, -0.1) is 12.4 Å². The number of piperazine rings is 1. The number of nitrogens with one attached hydrogen (secondary N) is 1. The minimum atomic E-state index is 0. The average Bonchev–Trinajstić information content (AvgIpc) is 2.83. The van der Waals surface area contributed by atoms with Crippen molar-refractivity contribution in [2.24, 2.45) is 13.0 Å². The SMILES string of the molecule is Cl.Cn1ccnc1C1CNCCN1C(=O)CCC1CCC1. The van der Waals surface area contributed by atoms with Crippen molar-refractivity contribution in [3.05, 3.63) is 18.2 Å². The summed E-state index contributed by atoms with van der Waals surface area (Å²) in [5, 5.41) is 3.38. The molecule has 2 aliphatic rings. The largest absolute Gasteiger partial charge is 0.336 e. The number of amides is 1. The fourth-order valence-electron chi connectivity index (χ4n) is 3.18. The Hall–Kier alpha value is -1.07. The van der Waals surface area contributed by atoms with Gasteiger partial charge < -0.3 is 14.8 Å². The van der Waals surface area contributed by atoms with Crippen molar-refractivity contribution in [2.45, 2.75) is 38.1 Å². The van der Waals surface area contributed by atoms with Crippen LogP contribution in [0.4, 0.5) is 0 Å². The molecular formula is C15H25ClN4O. The molecule has 2 fully saturated rings. The third-order valence-electron chi connectivity index (χ3n) is 4.71. The van der Waals surface area contributed by atoms with Crippen LogP contribution in [-0.2, 0) is 11.8 Å². The lowest BCUT2D eigenvalue weighted by molar-refractivity contribution is -0.135. The molecule has 6 heteroatoms. The summed E-state index contributed by atoms with van der Waals surface area (Å²) in [7, 11) is 1.99. The molecule has 2 heterocycles. The molecular weight excluding hydrogens is 288 g/mol. The Morgan fingerprint density at radius 3 is 2.90 bits per heavy atom. The highest BCUT2D eigenvalue weighted by Crippen LogP contribution is 2.31. The lowest BCUT2D eigenvalue weighted by Crippen LogP contribution is -2.49. The number of rotatable bonds is 4. The second-order valence-corrected chi connectivity index (χ2v) is 6.04. The lowest BCUT2D eigenvalue weighted by Gasteiger charge is -2.36. The van der Waals surface area contributed by atoms with Gasteiger partial charge in [0, 0.05) is 45.5 Å². The van der Waals surface area contributed by atoms with Gasteiger partial charge in [0.25, 0.3) is 0 Å². The predicted octanol–water partition coefficient (Wildman–Crippen LogP) is 1.90. The van der Waals surface area contributed by atoms with Crippen LogP contribution >= 0.6 is 12.4 Å². The second-order valence-electron chi connectivity index (χ2n) is 6.04. The van der Waals surface area contributed by atoms with Crippen molar-refractivity contribution >= 4 is 18.3 Å². The van der Waals surface area contributed by atoms with Gasteiger partial charge in [0.05, 0.1) is 0 Å². The van der Waals surface area contributed by atoms with Crippen molar-refractivity contribution in [3.8, 4) is 0 Å². The van der Waals surface area contributed by atoms with Gasteiger partial charge in [0.1, 0.15) is 11.9 Å². The minimum absolute atomic E-state index is 0. The molecule has 0 aromatic carbocycles. The van der Waals surface area contributed by atoms with E-state index in [1.807, 2.05) is 22.7 Å². The quantitative estimate of drug-likeness (QED) is 0.924. The molecule has 1 saturated heterocycles. The lowest BCUT2D eigenvalue weighted by atomic mass is 9.82. The Kier molecular flexibility index (Phi) is 5.65. The molecule has 1 amide bonds. The molecule has 0 bridgehead atoms. The third-order valence-corrected chi connectivity index (χ3v) is 4.71. The number of nitrogens with zero attached hydrogens (tertiary/aromatic N) is 3. The summed E-state index contributed by atoms with van der Waals surface area (Å²) >= 11 is 0. The van der Waals surface area contributed by atoms with Crippen LogP contribution in [0.5, 0.6) is 0 Å². The Bertz CT molecular complexity index is 472. The van der Waals surface area contributed by atoms with Crippen molar-refractivity contribution in [1.29, 1.82) is 0 Å². The van der Waals surface area contributed by atoms with Crippen molar-refractivity contribution in [1.82, 2.24) is 19.8 Å².